The van der Waals surface area contributed by atoms with Gasteiger partial charge in [-0.25, -0.2) is 9.55 Å². The first-order valence-electron chi connectivity index (χ1n) is 6.89. The number of nitrogens with one attached hydrogen (secondary N) is 1. The summed E-state index contributed by atoms with van der Waals surface area (Å²) in [4.78, 5) is 3.27. The molecular weight excluding hydrogens is 226 g/mol. The number of aromatic nitrogens is 2. The number of hydrogen-bond acceptors (Lipinski definition) is 2. The third kappa shape index (κ3) is 5.83. The molecule has 0 aromatic carbocycles. The van der Waals surface area contributed by atoms with Crippen LogP contribution < -0.4 is 4.57 Å². The van der Waals surface area contributed by atoms with E-state index in [1.807, 2.05) is 12.4 Å². The molecule has 0 fully saturated rings. The highest BCUT2D eigenvalue weighted by atomic mass is 16.5. The molecule has 0 atom stereocenters. The molecule has 1 heterocycles. The van der Waals surface area contributed by atoms with Crippen molar-refractivity contribution in [2.75, 3.05) is 6.61 Å². The first kappa shape index (κ1) is 14.7. The quantitative estimate of drug-likeness (QED) is 0.513. The number of aromatic amines is 1. The summed E-state index contributed by atoms with van der Waals surface area (Å²) in [6.45, 7) is 3.57. The zero-order valence-electron chi connectivity index (χ0n) is 11.3. The normalized spacial score (nSPS) is 10.4. The minimum Gasteiger partial charge on any atom is -0.342 e. The molecule has 0 bridgehead atoms. The van der Waals surface area contributed by atoms with Gasteiger partial charge in [0.05, 0.1) is 12.7 Å². The van der Waals surface area contributed by atoms with Crippen LogP contribution in [0.15, 0.2) is 12.4 Å². The van der Waals surface area contributed by atoms with Crippen LogP contribution in [0, 0.1) is 11.3 Å². The second-order valence-corrected chi connectivity index (χ2v) is 4.49. The van der Waals surface area contributed by atoms with Crippen molar-refractivity contribution in [3.8, 4) is 6.07 Å². The maximum atomic E-state index is 8.44. The third-order valence-electron chi connectivity index (χ3n) is 2.88. The number of hydrogen-bond donors (Lipinski definition) is 1. The number of H-pyrrole nitrogens is 1. The summed E-state index contributed by atoms with van der Waals surface area (Å²) in [5.74, 6) is 1.23. The van der Waals surface area contributed by atoms with Gasteiger partial charge in [-0.2, -0.15) is 5.26 Å². The van der Waals surface area contributed by atoms with Crippen molar-refractivity contribution in [3.63, 3.8) is 0 Å². The van der Waals surface area contributed by atoms with E-state index in [0.717, 1.165) is 32.3 Å². The molecule has 1 aromatic rings. The highest BCUT2D eigenvalue weighted by molar-refractivity contribution is 4.77. The van der Waals surface area contributed by atoms with Crippen molar-refractivity contribution in [2.24, 2.45) is 0 Å². The average molecular weight is 250 g/mol. The molecule has 4 nitrogen and oxygen atoms in total. The first-order chi connectivity index (χ1) is 8.88. The van der Waals surface area contributed by atoms with Gasteiger partial charge in [0.1, 0.15) is 12.4 Å². The van der Waals surface area contributed by atoms with E-state index in [0.29, 0.717) is 13.2 Å². The maximum absolute atomic E-state index is 8.44. The summed E-state index contributed by atoms with van der Waals surface area (Å²) < 4.78 is 7.66. The standard InChI is InChI=1S/C14H23N3O/c1-2-12-18-13-17-11-10-16-14(17)8-6-4-3-5-7-9-15/h10-11H,2-8,12-13H2,1H3/p+1. The van der Waals surface area contributed by atoms with Crippen LogP contribution in [0.5, 0.6) is 0 Å². The van der Waals surface area contributed by atoms with Crippen molar-refractivity contribution < 1.29 is 9.30 Å². The van der Waals surface area contributed by atoms with Crippen LogP contribution in [0.1, 0.15) is 51.3 Å². The van der Waals surface area contributed by atoms with Gasteiger partial charge < -0.3 is 4.74 Å². The third-order valence-corrected chi connectivity index (χ3v) is 2.88. The number of aryl methyl sites for hydroxylation is 1. The molecule has 0 unspecified atom stereocenters. The Hall–Kier alpha value is -1.34. The van der Waals surface area contributed by atoms with Gasteiger partial charge in [0.2, 0.25) is 0 Å². The number of rotatable bonds is 10. The molecule has 4 heteroatoms. The Morgan fingerprint density at radius 3 is 2.94 bits per heavy atom. The Labute approximate surface area is 110 Å². The summed E-state index contributed by atoms with van der Waals surface area (Å²) in [6.07, 6.45) is 11.3. The molecule has 0 aliphatic heterocycles. The second-order valence-electron chi connectivity index (χ2n) is 4.49. The lowest BCUT2D eigenvalue weighted by Crippen LogP contribution is -2.37. The molecule has 1 aromatic heterocycles. The minimum absolute atomic E-state index is 0.640. The Morgan fingerprint density at radius 1 is 1.33 bits per heavy atom. The highest BCUT2D eigenvalue weighted by Gasteiger charge is 2.09. The first-order valence-corrected chi connectivity index (χ1v) is 6.89. The van der Waals surface area contributed by atoms with E-state index in [1.54, 1.807) is 0 Å². The summed E-state index contributed by atoms with van der Waals surface area (Å²) in [5.41, 5.74) is 0. The van der Waals surface area contributed by atoms with E-state index in [4.69, 9.17) is 10.00 Å². The lowest BCUT2D eigenvalue weighted by Gasteiger charge is -2.02. The fourth-order valence-corrected chi connectivity index (χ4v) is 1.89. The largest absolute Gasteiger partial charge is 0.342 e. The SMILES string of the molecule is CCCOC[n+]1cc[nH]c1CCCCCCC#N. The van der Waals surface area contributed by atoms with Crippen molar-refractivity contribution in [1.29, 1.82) is 5.26 Å². The Kier molecular flexibility index (Phi) is 7.90. The summed E-state index contributed by atoms with van der Waals surface area (Å²) in [6, 6.07) is 2.18. The molecule has 0 aliphatic rings. The van der Waals surface area contributed by atoms with Crippen LogP contribution >= 0.6 is 0 Å². The number of ether oxygens (including phenoxy) is 1. The Morgan fingerprint density at radius 2 is 2.17 bits per heavy atom. The van der Waals surface area contributed by atoms with E-state index >= 15 is 0 Å². The maximum Gasteiger partial charge on any atom is 0.256 e. The Bertz CT molecular complexity index is 354. The Balaban J connectivity index is 2.17. The van der Waals surface area contributed by atoms with Crippen LogP contribution in [-0.2, 0) is 17.9 Å². The predicted molar refractivity (Wildman–Crippen MR) is 69.6 cm³/mol. The minimum atomic E-state index is 0.640. The van der Waals surface area contributed by atoms with E-state index in [9.17, 15) is 0 Å². The predicted octanol–water partition coefficient (Wildman–Crippen LogP) is 2.70. The topological polar surface area (TPSA) is 52.7 Å². The zero-order chi connectivity index (χ0) is 13.1. The van der Waals surface area contributed by atoms with Crippen LogP contribution in [0.4, 0.5) is 0 Å². The molecular formula is C14H24N3O+. The van der Waals surface area contributed by atoms with Crippen LogP contribution in [-0.4, -0.2) is 11.6 Å². The van der Waals surface area contributed by atoms with Crippen LogP contribution in [0.2, 0.25) is 0 Å². The highest BCUT2D eigenvalue weighted by Crippen LogP contribution is 2.05. The molecule has 0 saturated heterocycles. The van der Waals surface area contributed by atoms with Gasteiger partial charge in [0.15, 0.2) is 6.73 Å². The number of nitriles is 1. The molecule has 0 aliphatic carbocycles. The second kappa shape index (κ2) is 9.67. The summed E-state index contributed by atoms with van der Waals surface area (Å²) >= 11 is 0. The van der Waals surface area contributed by atoms with E-state index in [-0.39, 0.29) is 0 Å². The summed E-state index contributed by atoms with van der Waals surface area (Å²) in [5, 5.41) is 8.44. The average Bonchev–Trinajstić information content (AvgIpc) is 2.82. The fraction of sp³-hybridized carbons (Fsp3) is 0.714. The molecule has 100 valence electrons. The van der Waals surface area contributed by atoms with Crippen LogP contribution in [0.3, 0.4) is 0 Å². The number of unbranched alkanes of at least 4 members (excludes halogenated alkanes) is 4. The van der Waals surface area contributed by atoms with Crippen molar-refractivity contribution in [3.05, 3.63) is 18.2 Å². The van der Waals surface area contributed by atoms with Crippen LogP contribution in [0.25, 0.3) is 0 Å². The van der Waals surface area contributed by atoms with E-state index in [2.05, 4.69) is 22.5 Å². The molecule has 0 saturated carbocycles. The van der Waals surface area contributed by atoms with Crippen molar-refractivity contribution in [2.45, 2.75) is 58.6 Å². The number of imidazole rings is 1. The van der Waals surface area contributed by atoms with Crippen molar-refractivity contribution >= 4 is 0 Å². The van der Waals surface area contributed by atoms with E-state index < -0.39 is 0 Å². The zero-order valence-corrected chi connectivity index (χ0v) is 11.3. The van der Waals surface area contributed by atoms with E-state index in [1.165, 1.54) is 18.7 Å². The van der Waals surface area contributed by atoms with Gasteiger partial charge >= 0.3 is 0 Å². The van der Waals surface area contributed by atoms with Gasteiger partial charge in [-0.05, 0) is 19.3 Å². The van der Waals surface area contributed by atoms with Gasteiger partial charge in [0.25, 0.3) is 5.82 Å². The molecule has 0 amide bonds. The molecule has 18 heavy (non-hydrogen) atoms. The summed E-state index contributed by atoms with van der Waals surface area (Å²) in [7, 11) is 0. The lowest BCUT2D eigenvalue weighted by atomic mass is 10.1. The molecule has 0 spiro atoms. The van der Waals surface area contributed by atoms with Gasteiger partial charge in [-0.3, -0.25) is 0 Å². The monoisotopic (exact) mass is 250 g/mol. The van der Waals surface area contributed by atoms with Gasteiger partial charge in [-0.15, -0.1) is 0 Å². The fourth-order valence-electron chi connectivity index (χ4n) is 1.89. The molecule has 1 rings (SSSR count). The van der Waals surface area contributed by atoms with Gasteiger partial charge in [0, 0.05) is 12.8 Å². The molecule has 1 N–H and O–H groups in total. The molecule has 0 radical (unpaired) electrons. The van der Waals surface area contributed by atoms with Crippen molar-refractivity contribution in [1.82, 2.24) is 4.98 Å². The van der Waals surface area contributed by atoms with Gasteiger partial charge in [-0.1, -0.05) is 19.8 Å². The number of nitrogens with zero attached hydrogens (tertiary/aromatic N) is 2. The lowest BCUT2D eigenvalue weighted by molar-refractivity contribution is -0.738. The smallest absolute Gasteiger partial charge is 0.256 e.